The minimum atomic E-state index is 0.0632. The molecule has 1 aliphatic heterocycles. The molecule has 0 aromatic heterocycles. The van der Waals surface area contributed by atoms with Crippen LogP contribution in [-0.4, -0.2) is 49.2 Å². The number of amides is 1. The number of hydrogen-bond acceptors (Lipinski definition) is 4. The maximum absolute atomic E-state index is 11.4. The van der Waals surface area contributed by atoms with Crippen molar-refractivity contribution in [2.45, 2.75) is 38.8 Å². The lowest BCUT2D eigenvalue weighted by Gasteiger charge is -2.08. The fourth-order valence-corrected chi connectivity index (χ4v) is 2.64. The summed E-state index contributed by atoms with van der Waals surface area (Å²) in [6, 6.07) is 0.640. The first-order valence-electron chi connectivity index (χ1n) is 6.34. The average Bonchev–Trinajstić information content (AvgIpc) is 2.73. The molecule has 0 aromatic carbocycles. The van der Waals surface area contributed by atoms with Gasteiger partial charge in [-0.25, -0.2) is 0 Å². The molecule has 104 valence electrons. The van der Waals surface area contributed by atoms with Crippen molar-refractivity contribution in [3.8, 4) is 0 Å². The molecular weight excluding hydrogens is 250 g/mol. The molecule has 1 rings (SSSR count). The Morgan fingerprint density at radius 3 is 3.11 bits per heavy atom. The lowest BCUT2D eigenvalue weighted by atomic mass is 10.2. The highest BCUT2D eigenvalue weighted by molar-refractivity contribution is 8.14. The van der Waals surface area contributed by atoms with Gasteiger partial charge in [-0.2, -0.15) is 0 Å². The smallest absolute Gasteiger partial charge is 0.222 e. The minimum absolute atomic E-state index is 0.0632. The number of amidine groups is 1. The summed E-state index contributed by atoms with van der Waals surface area (Å²) in [5, 5.41) is 7.15. The monoisotopic (exact) mass is 273 g/mol. The van der Waals surface area contributed by atoms with Gasteiger partial charge in [0.05, 0.1) is 6.54 Å². The Balaban J connectivity index is 2.18. The van der Waals surface area contributed by atoms with Crippen molar-refractivity contribution >= 4 is 22.8 Å². The molecule has 1 fully saturated rings. The first-order valence-corrected chi connectivity index (χ1v) is 7.32. The maximum atomic E-state index is 11.4. The van der Waals surface area contributed by atoms with Gasteiger partial charge in [0.15, 0.2) is 5.17 Å². The van der Waals surface area contributed by atoms with Gasteiger partial charge in [-0.1, -0.05) is 11.8 Å². The molecule has 1 heterocycles. The average molecular weight is 273 g/mol. The number of thioether (sulfide) groups is 1. The van der Waals surface area contributed by atoms with Crippen molar-refractivity contribution in [3.63, 3.8) is 0 Å². The lowest BCUT2D eigenvalue weighted by molar-refractivity contribution is -0.121. The summed E-state index contributed by atoms with van der Waals surface area (Å²) in [5.41, 5.74) is 0. The number of rotatable bonds is 7. The largest absolute Gasteiger partial charge is 0.385 e. The van der Waals surface area contributed by atoms with Gasteiger partial charge in [0.1, 0.15) is 0 Å². The summed E-state index contributed by atoms with van der Waals surface area (Å²) < 4.78 is 5.05. The summed E-state index contributed by atoms with van der Waals surface area (Å²) in [6.07, 6.45) is 1.45. The van der Waals surface area contributed by atoms with E-state index in [0.717, 1.165) is 23.9 Å². The van der Waals surface area contributed by atoms with E-state index in [0.29, 0.717) is 19.0 Å². The van der Waals surface area contributed by atoms with Gasteiger partial charge in [0.25, 0.3) is 0 Å². The van der Waals surface area contributed by atoms with Gasteiger partial charge < -0.3 is 15.4 Å². The van der Waals surface area contributed by atoms with Gasteiger partial charge in [-0.15, -0.1) is 0 Å². The molecular formula is C12H23N3O2S. The van der Waals surface area contributed by atoms with Crippen molar-refractivity contribution in [3.05, 3.63) is 0 Å². The van der Waals surface area contributed by atoms with Gasteiger partial charge in [-0.05, 0) is 20.3 Å². The Morgan fingerprint density at radius 2 is 2.44 bits per heavy atom. The van der Waals surface area contributed by atoms with Gasteiger partial charge in [-0.3, -0.25) is 9.79 Å². The van der Waals surface area contributed by atoms with Crippen LogP contribution >= 0.6 is 11.8 Å². The molecule has 1 unspecified atom stereocenters. The normalized spacial score (nSPS) is 21.3. The Bertz CT molecular complexity index is 295. The molecule has 18 heavy (non-hydrogen) atoms. The number of ether oxygens (including phenoxy) is 1. The fraction of sp³-hybridized carbons (Fsp3) is 0.833. The molecule has 0 saturated carbocycles. The van der Waals surface area contributed by atoms with E-state index in [-0.39, 0.29) is 11.9 Å². The number of carbonyl (C=O) groups is 1. The van der Waals surface area contributed by atoms with Crippen LogP contribution in [0.3, 0.4) is 0 Å². The summed E-state index contributed by atoms with van der Waals surface area (Å²) in [5.74, 6) is 1.09. The Hall–Kier alpha value is -0.750. The van der Waals surface area contributed by atoms with E-state index in [4.69, 9.17) is 4.74 Å². The minimum Gasteiger partial charge on any atom is -0.385 e. The van der Waals surface area contributed by atoms with Crippen LogP contribution in [0.25, 0.3) is 0 Å². The highest BCUT2D eigenvalue weighted by Gasteiger charge is 2.19. The van der Waals surface area contributed by atoms with Crippen molar-refractivity contribution < 1.29 is 9.53 Å². The predicted octanol–water partition coefficient (Wildman–Crippen LogP) is 0.999. The third-order valence-electron chi connectivity index (χ3n) is 2.46. The second-order valence-electron chi connectivity index (χ2n) is 4.59. The molecule has 2 N–H and O–H groups in total. The van der Waals surface area contributed by atoms with Crippen molar-refractivity contribution in [2.24, 2.45) is 4.99 Å². The zero-order chi connectivity index (χ0) is 13.4. The van der Waals surface area contributed by atoms with E-state index in [9.17, 15) is 4.79 Å². The lowest BCUT2D eigenvalue weighted by Crippen LogP contribution is -2.31. The van der Waals surface area contributed by atoms with E-state index in [2.05, 4.69) is 15.6 Å². The number of nitrogens with one attached hydrogen (secondary N) is 2. The predicted molar refractivity (Wildman–Crippen MR) is 76.1 cm³/mol. The molecule has 1 saturated heterocycles. The highest BCUT2D eigenvalue weighted by atomic mass is 32.2. The Kier molecular flexibility index (Phi) is 7.12. The molecule has 0 spiro atoms. The molecule has 1 atom stereocenters. The van der Waals surface area contributed by atoms with Crippen LogP contribution in [0.4, 0.5) is 0 Å². The van der Waals surface area contributed by atoms with E-state index < -0.39 is 0 Å². The Morgan fingerprint density at radius 1 is 1.67 bits per heavy atom. The topological polar surface area (TPSA) is 62.7 Å². The fourth-order valence-electron chi connectivity index (χ4n) is 1.60. The third kappa shape index (κ3) is 6.26. The molecule has 1 amide bonds. The molecule has 6 heteroatoms. The summed E-state index contributed by atoms with van der Waals surface area (Å²) >= 11 is 1.72. The summed E-state index contributed by atoms with van der Waals surface area (Å²) in [6.45, 7) is 5.23. The molecule has 0 radical (unpaired) electrons. The zero-order valence-corrected chi connectivity index (χ0v) is 12.2. The molecule has 0 bridgehead atoms. The number of nitrogens with zero attached hydrogens (tertiary/aromatic N) is 1. The van der Waals surface area contributed by atoms with Crippen molar-refractivity contribution in [2.75, 3.05) is 26.0 Å². The first-order chi connectivity index (χ1) is 8.61. The second kappa shape index (κ2) is 8.37. The summed E-state index contributed by atoms with van der Waals surface area (Å²) in [4.78, 5) is 15.8. The zero-order valence-electron chi connectivity index (χ0n) is 11.4. The van der Waals surface area contributed by atoms with Crippen molar-refractivity contribution in [1.29, 1.82) is 0 Å². The van der Waals surface area contributed by atoms with Crippen molar-refractivity contribution in [1.82, 2.24) is 10.6 Å². The molecule has 1 aliphatic rings. The highest BCUT2D eigenvalue weighted by Crippen LogP contribution is 2.15. The SMILES string of the molecule is COCCC1CSC(=NCCC(=O)NC(C)C)N1. The standard InChI is InChI=1S/C12H23N3O2S/c1-9(2)14-11(16)4-6-13-12-15-10(8-18-12)5-7-17-3/h9-10H,4-8H2,1-3H3,(H,13,15)(H,14,16). The van der Waals surface area contributed by atoms with Crippen LogP contribution in [0.2, 0.25) is 0 Å². The Labute approximate surface area is 113 Å². The maximum Gasteiger partial charge on any atom is 0.222 e. The third-order valence-corrected chi connectivity index (χ3v) is 3.55. The van der Waals surface area contributed by atoms with Gasteiger partial charge in [0.2, 0.25) is 5.91 Å². The first kappa shape index (κ1) is 15.3. The molecule has 5 nitrogen and oxygen atoms in total. The summed E-state index contributed by atoms with van der Waals surface area (Å²) in [7, 11) is 1.71. The van der Waals surface area contributed by atoms with E-state index in [1.165, 1.54) is 0 Å². The van der Waals surface area contributed by atoms with Crippen LogP contribution in [-0.2, 0) is 9.53 Å². The van der Waals surface area contributed by atoms with Crippen LogP contribution in [0.5, 0.6) is 0 Å². The van der Waals surface area contributed by atoms with Gasteiger partial charge in [0, 0.05) is 38.0 Å². The quantitative estimate of drug-likeness (QED) is 0.726. The van der Waals surface area contributed by atoms with E-state index in [1.807, 2.05) is 13.8 Å². The molecule has 0 aromatic rings. The number of hydrogen-bond donors (Lipinski definition) is 2. The second-order valence-corrected chi connectivity index (χ2v) is 5.60. The van der Waals surface area contributed by atoms with Crippen LogP contribution in [0.1, 0.15) is 26.7 Å². The molecule has 0 aliphatic carbocycles. The van der Waals surface area contributed by atoms with Gasteiger partial charge >= 0.3 is 0 Å². The van der Waals surface area contributed by atoms with E-state index in [1.54, 1.807) is 18.9 Å². The van der Waals surface area contributed by atoms with Crippen LogP contribution in [0.15, 0.2) is 4.99 Å². The number of carbonyl (C=O) groups excluding carboxylic acids is 1. The van der Waals surface area contributed by atoms with Crippen LogP contribution < -0.4 is 10.6 Å². The number of methoxy groups -OCH3 is 1. The number of aliphatic imine (C=N–C) groups is 1. The van der Waals surface area contributed by atoms with E-state index >= 15 is 0 Å². The van der Waals surface area contributed by atoms with Crippen LogP contribution in [0, 0.1) is 0 Å².